The van der Waals surface area contributed by atoms with Crippen molar-refractivity contribution in [1.29, 1.82) is 5.26 Å². The first-order chi connectivity index (χ1) is 14.3. The molecule has 6 nitrogen and oxygen atoms in total. The van der Waals surface area contributed by atoms with Crippen molar-refractivity contribution in [2.24, 2.45) is 0 Å². The van der Waals surface area contributed by atoms with E-state index in [-0.39, 0.29) is 0 Å². The first-order valence-electron chi connectivity index (χ1n) is 10.1. The third kappa shape index (κ3) is 3.84. The molecule has 0 bridgehead atoms. The van der Waals surface area contributed by atoms with E-state index >= 15 is 0 Å². The van der Waals surface area contributed by atoms with Gasteiger partial charge >= 0.3 is 0 Å². The number of morpholine rings is 1. The molecule has 0 N–H and O–H groups in total. The Morgan fingerprint density at radius 2 is 1.90 bits per heavy atom. The fourth-order valence-corrected chi connectivity index (χ4v) is 5.25. The Bertz CT molecular complexity index is 1070. The number of thiophene rings is 1. The standard InChI is InChI=1S/C22H22N4O2S/c23-13-15-5-7-16(8-6-15)28-21-20-17-3-1-2-4-18(17)29-22(20)25-19(24-21)14-26-9-11-27-12-10-26/h5-8H,1-4,9-12,14H2. The summed E-state index contributed by atoms with van der Waals surface area (Å²) in [5, 5.41) is 10.1. The summed E-state index contributed by atoms with van der Waals surface area (Å²) in [7, 11) is 0. The monoisotopic (exact) mass is 406 g/mol. The number of hydrogen-bond donors (Lipinski definition) is 0. The number of nitrogens with zero attached hydrogens (tertiary/aromatic N) is 4. The molecule has 1 aromatic carbocycles. The SMILES string of the molecule is N#Cc1ccc(Oc2nc(CN3CCOCC3)nc3sc4c(c23)CCCC4)cc1. The Labute approximate surface area is 173 Å². The Morgan fingerprint density at radius 3 is 2.69 bits per heavy atom. The van der Waals surface area contributed by atoms with Crippen molar-refractivity contribution in [2.75, 3.05) is 26.3 Å². The molecular formula is C22H22N4O2S. The Hall–Kier alpha value is -2.53. The van der Waals surface area contributed by atoms with E-state index in [0.717, 1.165) is 55.2 Å². The highest BCUT2D eigenvalue weighted by Gasteiger charge is 2.23. The van der Waals surface area contributed by atoms with Crippen LogP contribution in [0.5, 0.6) is 11.6 Å². The van der Waals surface area contributed by atoms with E-state index in [1.807, 2.05) is 12.1 Å². The van der Waals surface area contributed by atoms with Crippen molar-refractivity contribution < 1.29 is 9.47 Å². The average Bonchev–Trinajstić information content (AvgIpc) is 3.13. The molecule has 5 rings (SSSR count). The Morgan fingerprint density at radius 1 is 1.10 bits per heavy atom. The fourth-order valence-electron chi connectivity index (χ4n) is 3.98. The highest BCUT2D eigenvalue weighted by molar-refractivity contribution is 7.18. The molecule has 0 spiro atoms. The first kappa shape index (κ1) is 18.5. The zero-order chi connectivity index (χ0) is 19.6. The second-order valence-corrected chi connectivity index (χ2v) is 8.55. The van der Waals surface area contributed by atoms with Gasteiger partial charge in [-0.2, -0.15) is 10.2 Å². The third-order valence-corrected chi connectivity index (χ3v) is 6.68. The molecule has 1 aliphatic heterocycles. The zero-order valence-electron chi connectivity index (χ0n) is 16.2. The molecule has 1 fully saturated rings. The second kappa shape index (κ2) is 8.07. The average molecular weight is 407 g/mol. The molecule has 7 heteroatoms. The van der Waals surface area contributed by atoms with Gasteiger partial charge in [0.1, 0.15) is 16.4 Å². The van der Waals surface area contributed by atoms with E-state index in [4.69, 9.17) is 24.7 Å². The molecule has 3 aromatic rings. The lowest BCUT2D eigenvalue weighted by atomic mass is 9.97. The Balaban J connectivity index is 1.54. The number of nitriles is 1. The van der Waals surface area contributed by atoms with Crippen LogP contribution in [0.4, 0.5) is 0 Å². The molecule has 0 unspecified atom stereocenters. The van der Waals surface area contributed by atoms with Crippen molar-refractivity contribution in [3.05, 3.63) is 46.1 Å². The van der Waals surface area contributed by atoms with Crippen molar-refractivity contribution >= 4 is 21.6 Å². The zero-order valence-corrected chi connectivity index (χ0v) is 17.0. The molecule has 3 heterocycles. The molecule has 2 aliphatic rings. The summed E-state index contributed by atoms with van der Waals surface area (Å²) in [4.78, 5) is 14.5. The molecule has 0 saturated carbocycles. The van der Waals surface area contributed by atoms with Gasteiger partial charge in [0.05, 0.1) is 36.8 Å². The summed E-state index contributed by atoms with van der Waals surface area (Å²) >= 11 is 1.79. The summed E-state index contributed by atoms with van der Waals surface area (Å²) in [5.74, 6) is 2.13. The van der Waals surface area contributed by atoms with Gasteiger partial charge in [-0.05, 0) is 55.5 Å². The number of benzene rings is 1. The van der Waals surface area contributed by atoms with Crippen molar-refractivity contribution in [3.8, 4) is 17.7 Å². The normalized spacial score (nSPS) is 17.1. The predicted molar refractivity (Wildman–Crippen MR) is 111 cm³/mol. The highest BCUT2D eigenvalue weighted by Crippen LogP contribution is 2.40. The van der Waals surface area contributed by atoms with Crippen LogP contribution in [0.1, 0.15) is 34.7 Å². The van der Waals surface area contributed by atoms with Crippen LogP contribution < -0.4 is 4.74 Å². The van der Waals surface area contributed by atoms with Crippen molar-refractivity contribution in [3.63, 3.8) is 0 Å². The summed E-state index contributed by atoms with van der Waals surface area (Å²) in [6.45, 7) is 4.00. The quantitative estimate of drug-likeness (QED) is 0.651. The van der Waals surface area contributed by atoms with Gasteiger partial charge in [0.25, 0.3) is 0 Å². The van der Waals surface area contributed by atoms with E-state index in [0.29, 0.717) is 23.7 Å². The molecular weight excluding hydrogens is 384 g/mol. The molecule has 0 amide bonds. The van der Waals surface area contributed by atoms with Crippen molar-refractivity contribution in [1.82, 2.24) is 14.9 Å². The number of aromatic nitrogens is 2. The first-order valence-corrected chi connectivity index (χ1v) is 10.9. The van der Waals surface area contributed by atoms with E-state index < -0.39 is 0 Å². The lowest BCUT2D eigenvalue weighted by molar-refractivity contribution is 0.0330. The minimum Gasteiger partial charge on any atom is -0.438 e. The van der Waals surface area contributed by atoms with E-state index in [1.54, 1.807) is 23.5 Å². The van der Waals surface area contributed by atoms with E-state index in [2.05, 4.69) is 11.0 Å². The minimum atomic E-state index is 0.617. The molecule has 1 saturated heterocycles. The lowest BCUT2D eigenvalue weighted by Crippen LogP contribution is -2.36. The van der Waals surface area contributed by atoms with Gasteiger partial charge in [-0.1, -0.05) is 0 Å². The molecule has 29 heavy (non-hydrogen) atoms. The fraction of sp³-hybridized carbons (Fsp3) is 0.409. The number of ether oxygens (including phenoxy) is 2. The number of hydrogen-bond acceptors (Lipinski definition) is 7. The molecule has 0 radical (unpaired) electrons. The largest absolute Gasteiger partial charge is 0.438 e. The maximum absolute atomic E-state index is 9.03. The molecule has 2 aromatic heterocycles. The smallest absolute Gasteiger partial charge is 0.231 e. The summed E-state index contributed by atoms with van der Waals surface area (Å²) < 4.78 is 11.7. The summed E-state index contributed by atoms with van der Waals surface area (Å²) in [5.41, 5.74) is 1.98. The summed E-state index contributed by atoms with van der Waals surface area (Å²) in [6.07, 6.45) is 4.61. The van der Waals surface area contributed by atoms with Gasteiger partial charge in [0.15, 0.2) is 0 Å². The van der Waals surface area contributed by atoms with Crippen molar-refractivity contribution in [2.45, 2.75) is 32.2 Å². The van der Waals surface area contributed by atoms with Gasteiger partial charge in [0, 0.05) is 18.0 Å². The van der Waals surface area contributed by atoms with Crippen LogP contribution in [0.2, 0.25) is 0 Å². The maximum Gasteiger partial charge on any atom is 0.231 e. The van der Waals surface area contributed by atoms with Gasteiger partial charge in [-0.25, -0.2) is 4.98 Å². The van der Waals surface area contributed by atoms with Crippen LogP contribution in [0, 0.1) is 11.3 Å². The Kier molecular flexibility index (Phi) is 5.15. The second-order valence-electron chi connectivity index (χ2n) is 7.46. The van der Waals surface area contributed by atoms with Crippen LogP contribution in [0.25, 0.3) is 10.2 Å². The molecule has 1 aliphatic carbocycles. The van der Waals surface area contributed by atoms with Crippen LogP contribution >= 0.6 is 11.3 Å². The van der Waals surface area contributed by atoms with Gasteiger partial charge < -0.3 is 9.47 Å². The van der Waals surface area contributed by atoms with Crippen LogP contribution in [-0.4, -0.2) is 41.2 Å². The van der Waals surface area contributed by atoms with Gasteiger partial charge in [0.2, 0.25) is 5.88 Å². The molecule has 148 valence electrons. The highest BCUT2D eigenvalue weighted by atomic mass is 32.1. The van der Waals surface area contributed by atoms with E-state index in [1.165, 1.54) is 23.3 Å². The minimum absolute atomic E-state index is 0.617. The van der Waals surface area contributed by atoms with Gasteiger partial charge in [-0.3, -0.25) is 4.90 Å². The maximum atomic E-state index is 9.03. The number of aryl methyl sites for hydroxylation is 2. The molecule has 0 atom stereocenters. The number of fused-ring (bicyclic) bond motifs is 3. The van der Waals surface area contributed by atoms with Crippen LogP contribution in [0.15, 0.2) is 24.3 Å². The summed E-state index contributed by atoms with van der Waals surface area (Å²) in [6, 6.07) is 9.34. The van der Waals surface area contributed by atoms with Crippen LogP contribution in [0.3, 0.4) is 0 Å². The van der Waals surface area contributed by atoms with Gasteiger partial charge in [-0.15, -0.1) is 11.3 Å². The lowest BCUT2D eigenvalue weighted by Gasteiger charge is -2.25. The predicted octanol–water partition coefficient (Wildman–Crippen LogP) is 4.07. The third-order valence-electron chi connectivity index (χ3n) is 5.49. The van der Waals surface area contributed by atoms with Crippen LogP contribution in [-0.2, 0) is 24.1 Å². The number of rotatable bonds is 4. The topological polar surface area (TPSA) is 71.3 Å². The van der Waals surface area contributed by atoms with E-state index in [9.17, 15) is 0 Å².